The van der Waals surface area contributed by atoms with Crippen molar-refractivity contribution >= 4 is 10.0 Å². The number of nitrogens with zero attached hydrogens (tertiary/aromatic N) is 1. The van der Waals surface area contributed by atoms with E-state index >= 15 is 0 Å². The third-order valence-corrected chi connectivity index (χ3v) is 5.81. The zero-order valence-electron chi connectivity index (χ0n) is 8.44. The third-order valence-electron chi connectivity index (χ3n) is 4.10. The van der Waals surface area contributed by atoms with Gasteiger partial charge in [-0.25, -0.2) is 8.42 Å². The molecule has 0 spiro atoms. The lowest BCUT2D eigenvalue weighted by molar-refractivity contribution is -0.0514. The van der Waals surface area contributed by atoms with Gasteiger partial charge in [-0.3, -0.25) is 0 Å². The number of alkyl halides is 3. The quantitative estimate of drug-likeness (QED) is 0.715. The zero-order chi connectivity index (χ0) is 11.7. The van der Waals surface area contributed by atoms with Gasteiger partial charge in [-0.2, -0.15) is 17.5 Å². The Balaban J connectivity index is 1.96. The Hall–Kier alpha value is -0.300. The van der Waals surface area contributed by atoms with Gasteiger partial charge in [0, 0.05) is 12.1 Å². The molecule has 0 aromatic carbocycles. The van der Waals surface area contributed by atoms with Crippen LogP contribution in [0.3, 0.4) is 0 Å². The first-order valence-electron chi connectivity index (χ1n) is 5.42. The van der Waals surface area contributed by atoms with Crippen LogP contribution in [0.1, 0.15) is 25.7 Å². The number of piperidine rings is 1. The molecule has 92 valence electrons. The highest BCUT2D eigenvalue weighted by Gasteiger charge is 2.63. The lowest BCUT2D eigenvalue weighted by atomic mass is 10.1. The lowest BCUT2D eigenvalue weighted by Crippen LogP contribution is -2.50. The van der Waals surface area contributed by atoms with Gasteiger partial charge in [-0.05, 0) is 37.5 Å². The normalized spacial score (nSPS) is 43.2. The van der Waals surface area contributed by atoms with E-state index in [1.807, 2.05) is 0 Å². The molecule has 2 aliphatic heterocycles. The number of rotatable bonds is 1. The molecule has 0 N–H and O–H groups in total. The van der Waals surface area contributed by atoms with Crippen LogP contribution in [0.2, 0.25) is 0 Å². The van der Waals surface area contributed by atoms with Crippen molar-refractivity contribution < 1.29 is 21.6 Å². The highest BCUT2D eigenvalue weighted by Crippen LogP contribution is 2.57. The van der Waals surface area contributed by atoms with Crippen molar-refractivity contribution in [2.45, 2.75) is 43.3 Å². The average Bonchev–Trinajstić information content (AvgIpc) is 2.80. The predicted octanol–water partition coefficient (Wildman–Crippen LogP) is 1.71. The number of halogens is 3. The molecule has 1 saturated carbocycles. The van der Waals surface area contributed by atoms with Gasteiger partial charge < -0.3 is 0 Å². The van der Waals surface area contributed by atoms with Gasteiger partial charge in [-0.15, -0.1) is 0 Å². The molecule has 0 amide bonds. The van der Waals surface area contributed by atoms with Crippen molar-refractivity contribution in [3.05, 3.63) is 0 Å². The van der Waals surface area contributed by atoms with Crippen LogP contribution in [0, 0.1) is 11.8 Å². The van der Waals surface area contributed by atoms with Crippen LogP contribution < -0.4 is 0 Å². The highest BCUT2D eigenvalue weighted by molar-refractivity contribution is 7.90. The summed E-state index contributed by atoms with van der Waals surface area (Å²) >= 11 is 0. The second kappa shape index (κ2) is 2.93. The van der Waals surface area contributed by atoms with E-state index in [0.717, 1.165) is 10.7 Å². The minimum Gasteiger partial charge on any atom is -0.203 e. The molecular formula is C9H12F3NO2S. The molecule has 7 heteroatoms. The van der Waals surface area contributed by atoms with Crippen molar-refractivity contribution in [3.8, 4) is 0 Å². The van der Waals surface area contributed by atoms with Crippen molar-refractivity contribution in [1.82, 2.24) is 4.31 Å². The maximum Gasteiger partial charge on any atom is 0.511 e. The van der Waals surface area contributed by atoms with E-state index in [-0.39, 0.29) is 12.0 Å². The summed E-state index contributed by atoms with van der Waals surface area (Å²) in [5, 5.41) is 0. The van der Waals surface area contributed by atoms with Crippen LogP contribution in [-0.2, 0) is 10.0 Å². The summed E-state index contributed by atoms with van der Waals surface area (Å²) in [5.41, 5.74) is -5.14. The fraction of sp³-hybridized carbons (Fsp3) is 1.00. The molecular weight excluding hydrogens is 243 g/mol. The molecule has 0 aromatic heterocycles. The molecule has 2 saturated heterocycles. The van der Waals surface area contributed by atoms with Crippen molar-refractivity contribution in [1.29, 1.82) is 0 Å². The van der Waals surface area contributed by atoms with E-state index in [1.165, 1.54) is 0 Å². The second-order valence-electron chi connectivity index (χ2n) is 4.97. The summed E-state index contributed by atoms with van der Waals surface area (Å²) in [4.78, 5) is 0. The number of hydrogen-bond acceptors (Lipinski definition) is 2. The van der Waals surface area contributed by atoms with Gasteiger partial charge in [0.15, 0.2) is 0 Å². The predicted molar refractivity (Wildman–Crippen MR) is 49.8 cm³/mol. The zero-order valence-corrected chi connectivity index (χ0v) is 9.26. The first-order valence-corrected chi connectivity index (χ1v) is 6.86. The van der Waals surface area contributed by atoms with Gasteiger partial charge in [0.25, 0.3) is 0 Å². The van der Waals surface area contributed by atoms with Gasteiger partial charge >= 0.3 is 15.5 Å². The molecule has 3 fully saturated rings. The molecule has 0 aromatic rings. The van der Waals surface area contributed by atoms with E-state index in [4.69, 9.17) is 0 Å². The molecule has 3 nitrogen and oxygen atoms in total. The van der Waals surface area contributed by atoms with E-state index < -0.39 is 21.6 Å². The van der Waals surface area contributed by atoms with Crippen molar-refractivity contribution in [2.75, 3.05) is 0 Å². The van der Waals surface area contributed by atoms with E-state index in [2.05, 4.69) is 0 Å². The Morgan fingerprint density at radius 3 is 2.44 bits per heavy atom. The summed E-state index contributed by atoms with van der Waals surface area (Å²) < 4.78 is 61.1. The Morgan fingerprint density at radius 1 is 1.12 bits per heavy atom. The Morgan fingerprint density at radius 2 is 1.81 bits per heavy atom. The molecule has 4 atom stereocenters. The summed E-state index contributed by atoms with van der Waals surface area (Å²) in [5.74, 6) is 0.674. The Bertz CT molecular complexity index is 419. The maximum absolute atomic E-state index is 12.5. The van der Waals surface area contributed by atoms with E-state index in [1.54, 1.807) is 0 Å². The minimum atomic E-state index is -5.14. The third kappa shape index (κ3) is 1.27. The largest absolute Gasteiger partial charge is 0.511 e. The summed E-state index contributed by atoms with van der Waals surface area (Å²) in [6, 6.07) is -0.782. The van der Waals surface area contributed by atoms with E-state index in [9.17, 15) is 21.6 Å². The number of fused-ring (bicyclic) bond motifs is 4. The summed E-state index contributed by atoms with van der Waals surface area (Å²) in [6.07, 6.45) is 2.72. The molecule has 3 rings (SSSR count). The standard InChI is InChI=1S/C9H12F3NO2S/c10-9(11,12)16(14,15)13-6-1-2-8(13)7-4-5(7)3-6/h5-8H,1-4H2/t5-,6?,7?,8?/m1/s1. The van der Waals surface area contributed by atoms with Gasteiger partial charge in [0.05, 0.1) is 0 Å². The highest BCUT2D eigenvalue weighted by atomic mass is 32.2. The molecule has 2 bridgehead atoms. The topological polar surface area (TPSA) is 37.4 Å². The van der Waals surface area contributed by atoms with E-state index in [0.29, 0.717) is 25.2 Å². The first-order chi connectivity index (χ1) is 7.32. The lowest BCUT2D eigenvalue weighted by Gasteiger charge is -2.33. The Kier molecular flexibility index (Phi) is 1.98. The molecule has 3 unspecified atom stereocenters. The van der Waals surface area contributed by atoms with Gasteiger partial charge in [0.2, 0.25) is 0 Å². The fourth-order valence-electron chi connectivity index (χ4n) is 3.37. The Labute approximate surface area is 91.7 Å². The van der Waals surface area contributed by atoms with Crippen LogP contribution >= 0.6 is 0 Å². The van der Waals surface area contributed by atoms with Crippen molar-refractivity contribution in [3.63, 3.8) is 0 Å². The number of sulfonamides is 1. The minimum absolute atomic E-state index is 0.191. The maximum atomic E-state index is 12.5. The smallest absolute Gasteiger partial charge is 0.203 e. The molecule has 0 radical (unpaired) electrons. The van der Waals surface area contributed by atoms with Gasteiger partial charge in [-0.1, -0.05) is 0 Å². The molecule has 16 heavy (non-hydrogen) atoms. The first kappa shape index (κ1) is 10.8. The molecule has 3 aliphatic rings. The van der Waals surface area contributed by atoms with Crippen LogP contribution in [0.25, 0.3) is 0 Å². The second-order valence-corrected chi connectivity index (χ2v) is 6.81. The monoisotopic (exact) mass is 255 g/mol. The molecule has 2 heterocycles. The fourth-order valence-corrected chi connectivity index (χ4v) is 4.81. The van der Waals surface area contributed by atoms with Crippen LogP contribution in [-0.4, -0.2) is 30.3 Å². The number of hydrogen-bond donors (Lipinski definition) is 0. The van der Waals surface area contributed by atoms with Crippen LogP contribution in [0.15, 0.2) is 0 Å². The SMILES string of the molecule is O=S(=O)(N1C2CCC1C1C[C@H]1C2)C(F)(F)F. The van der Waals surface area contributed by atoms with Crippen LogP contribution in [0.4, 0.5) is 13.2 Å². The van der Waals surface area contributed by atoms with Gasteiger partial charge in [0.1, 0.15) is 0 Å². The molecule has 1 aliphatic carbocycles. The van der Waals surface area contributed by atoms with Crippen LogP contribution in [0.5, 0.6) is 0 Å². The summed E-state index contributed by atoms with van der Waals surface area (Å²) in [7, 11) is -5.11. The van der Waals surface area contributed by atoms with Crippen molar-refractivity contribution in [2.24, 2.45) is 11.8 Å². The summed E-state index contributed by atoms with van der Waals surface area (Å²) in [6.45, 7) is 0. The average molecular weight is 255 g/mol.